The van der Waals surface area contributed by atoms with E-state index >= 15 is 0 Å². The van der Waals surface area contributed by atoms with Crippen molar-refractivity contribution < 1.29 is 9.90 Å². The second-order valence-electron chi connectivity index (χ2n) is 9.04. The molecule has 0 radical (unpaired) electrons. The molecular formula is C23H33NO2S. The van der Waals surface area contributed by atoms with Gasteiger partial charge in [-0.25, -0.2) is 0 Å². The van der Waals surface area contributed by atoms with Crippen LogP contribution in [-0.4, -0.2) is 21.2 Å². The molecule has 0 bridgehead atoms. The number of phenolic OH excluding ortho intramolecular Hbond substituents is 1. The Labute approximate surface area is 168 Å². The van der Waals surface area contributed by atoms with E-state index in [1.165, 1.54) is 0 Å². The molecule has 148 valence electrons. The number of nitrogens with zero attached hydrogens (tertiary/aromatic N) is 1. The minimum Gasteiger partial charge on any atom is -0.507 e. The van der Waals surface area contributed by atoms with Gasteiger partial charge in [0.2, 0.25) is 0 Å². The fourth-order valence-electron chi connectivity index (χ4n) is 3.20. The van der Waals surface area contributed by atoms with Crippen molar-refractivity contribution in [2.75, 3.05) is 5.75 Å². The molecule has 0 amide bonds. The molecule has 0 aliphatic heterocycles. The Morgan fingerprint density at radius 2 is 1.48 bits per heavy atom. The predicted molar refractivity (Wildman–Crippen MR) is 115 cm³/mol. The fourth-order valence-corrected chi connectivity index (χ4v) is 4.06. The average molecular weight is 388 g/mol. The van der Waals surface area contributed by atoms with Crippen LogP contribution in [0.3, 0.4) is 0 Å². The van der Waals surface area contributed by atoms with Gasteiger partial charge in [0.1, 0.15) is 5.75 Å². The van der Waals surface area contributed by atoms with Gasteiger partial charge in [-0.05, 0) is 41.7 Å². The number of carbonyl (C=O) groups is 1. The lowest BCUT2D eigenvalue weighted by Crippen LogP contribution is -2.19. The second kappa shape index (κ2) is 7.75. The number of aromatic nitrogens is 1. The van der Waals surface area contributed by atoms with Gasteiger partial charge in [0.15, 0.2) is 5.78 Å². The number of hydrogen-bond donors (Lipinski definition) is 1. The maximum atomic E-state index is 13.3. The van der Waals surface area contributed by atoms with E-state index in [1.807, 2.05) is 24.4 Å². The van der Waals surface area contributed by atoms with Crippen molar-refractivity contribution in [1.82, 2.24) is 4.57 Å². The van der Waals surface area contributed by atoms with Gasteiger partial charge in [-0.3, -0.25) is 4.79 Å². The largest absolute Gasteiger partial charge is 0.507 e. The van der Waals surface area contributed by atoms with E-state index in [9.17, 15) is 9.90 Å². The van der Waals surface area contributed by atoms with Gasteiger partial charge in [0.25, 0.3) is 0 Å². The van der Waals surface area contributed by atoms with Crippen molar-refractivity contribution in [2.45, 2.75) is 77.8 Å². The highest BCUT2D eigenvalue weighted by atomic mass is 32.2. The Balaban J connectivity index is 2.62. The van der Waals surface area contributed by atoms with Crippen LogP contribution in [0, 0.1) is 0 Å². The topological polar surface area (TPSA) is 42.2 Å². The lowest BCUT2D eigenvalue weighted by molar-refractivity contribution is 0.103. The van der Waals surface area contributed by atoms with Crippen molar-refractivity contribution >= 4 is 17.5 Å². The Morgan fingerprint density at radius 3 is 1.89 bits per heavy atom. The number of aryl methyl sites for hydroxylation is 1. The zero-order chi connectivity index (χ0) is 20.6. The molecule has 0 spiro atoms. The second-order valence-corrected chi connectivity index (χ2v) is 10.3. The highest BCUT2D eigenvalue weighted by Gasteiger charge is 2.28. The number of thioether (sulfide) groups is 1. The zero-order valence-electron chi connectivity index (χ0n) is 17.9. The van der Waals surface area contributed by atoms with Crippen molar-refractivity contribution in [1.29, 1.82) is 0 Å². The highest BCUT2D eigenvalue weighted by Crippen LogP contribution is 2.40. The molecule has 0 saturated carbocycles. The monoisotopic (exact) mass is 387 g/mol. The van der Waals surface area contributed by atoms with E-state index < -0.39 is 0 Å². The number of hydrogen-bond acceptors (Lipinski definition) is 3. The van der Waals surface area contributed by atoms with Gasteiger partial charge in [-0.2, -0.15) is 0 Å². The van der Waals surface area contributed by atoms with Crippen LogP contribution in [0.4, 0.5) is 0 Å². The van der Waals surface area contributed by atoms with Crippen LogP contribution in [0.2, 0.25) is 0 Å². The van der Waals surface area contributed by atoms with Crippen LogP contribution < -0.4 is 0 Å². The van der Waals surface area contributed by atoms with Crippen LogP contribution in [-0.2, 0) is 17.4 Å². The summed E-state index contributed by atoms with van der Waals surface area (Å²) in [6, 6.07) is 5.71. The standard InChI is InChI=1S/C23H33NO2S/c1-9-24-14-16(13-19(24)27-10-2)20(25)15-11-17(22(3,4)5)21(26)18(12-15)23(6,7)8/h11-14,26H,9-10H2,1-8H3. The number of aromatic hydroxyl groups is 1. The molecule has 0 aliphatic rings. The first-order valence-electron chi connectivity index (χ1n) is 9.65. The lowest BCUT2D eigenvalue weighted by Gasteiger charge is -2.28. The molecule has 0 atom stereocenters. The Kier molecular flexibility index (Phi) is 6.20. The van der Waals surface area contributed by atoms with Crippen molar-refractivity contribution in [3.05, 3.63) is 46.6 Å². The van der Waals surface area contributed by atoms with Crippen LogP contribution in [0.15, 0.2) is 29.4 Å². The molecule has 27 heavy (non-hydrogen) atoms. The molecule has 3 nitrogen and oxygen atoms in total. The Morgan fingerprint density at radius 1 is 0.963 bits per heavy atom. The first-order chi connectivity index (χ1) is 12.4. The first kappa shape index (κ1) is 21.6. The number of ketones is 1. The molecule has 1 N–H and O–H groups in total. The third kappa shape index (κ3) is 4.60. The molecular weight excluding hydrogens is 354 g/mol. The van der Waals surface area contributed by atoms with Crippen LogP contribution in [0.5, 0.6) is 5.75 Å². The Hall–Kier alpha value is -1.68. The smallest absolute Gasteiger partial charge is 0.194 e. The third-order valence-corrected chi connectivity index (χ3v) is 5.68. The summed E-state index contributed by atoms with van der Waals surface area (Å²) < 4.78 is 2.12. The average Bonchev–Trinajstić information content (AvgIpc) is 2.95. The summed E-state index contributed by atoms with van der Waals surface area (Å²) >= 11 is 1.75. The van der Waals surface area contributed by atoms with E-state index in [-0.39, 0.29) is 16.6 Å². The van der Waals surface area contributed by atoms with E-state index in [1.54, 1.807) is 11.8 Å². The summed E-state index contributed by atoms with van der Waals surface area (Å²) in [7, 11) is 0. The molecule has 0 fully saturated rings. The number of phenols is 1. The quantitative estimate of drug-likeness (QED) is 0.494. The van der Waals surface area contributed by atoms with Gasteiger partial charge in [-0.15, -0.1) is 11.8 Å². The molecule has 1 aromatic heterocycles. The van der Waals surface area contributed by atoms with E-state index in [2.05, 4.69) is 60.0 Å². The summed E-state index contributed by atoms with van der Waals surface area (Å²) in [5.74, 6) is 1.29. The van der Waals surface area contributed by atoms with E-state index in [4.69, 9.17) is 0 Å². The maximum Gasteiger partial charge on any atom is 0.194 e. The van der Waals surface area contributed by atoms with Crippen LogP contribution in [0.1, 0.15) is 82.4 Å². The zero-order valence-corrected chi connectivity index (χ0v) is 18.8. The van der Waals surface area contributed by atoms with Crippen molar-refractivity contribution in [3.8, 4) is 5.75 Å². The molecule has 2 rings (SSSR count). The van der Waals surface area contributed by atoms with E-state index in [0.717, 1.165) is 28.5 Å². The summed E-state index contributed by atoms with van der Waals surface area (Å²) in [5, 5.41) is 12.0. The number of benzene rings is 1. The van der Waals surface area contributed by atoms with Gasteiger partial charge in [-0.1, -0.05) is 48.5 Å². The number of rotatable bonds is 5. The third-order valence-electron chi connectivity index (χ3n) is 4.74. The lowest BCUT2D eigenvalue weighted by atomic mass is 9.78. The van der Waals surface area contributed by atoms with Gasteiger partial charge in [0.05, 0.1) is 5.03 Å². The fraction of sp³-hybridized carbons (Fsp3) is 0.522. The molecule has 1 aromatic carbocycles. The van der Waals surface area contributed by atoms with Crippen molar-refractivity contribution in [3.63, 3.8) is 0 Å². The minimum absolute atomic E-state index is 0.0103. The van der Waals surface area contributed by atoms with Gasteiger partial charge >= 0.3 is 0 Å². The predicted octanol–water partition coefficient (Wildman–Crippen LogP) is 6.15. The molecule has 4 heteroatoms. The molecule has 2 aromatic rings. The Bertz CT molecular complexity index is 800. The normalized spacial score (nSPS) is 12.4. The molecule has 0 unspecified atom stereocenters. The van der Waals surface area contributed by atoms with Gasteiger partial charge in [0, 0.05) is 35.0 Å². The van der Waals surface area contributed by atoms with Crippen LogP contribution >= 0.6 is 11.8 Å². The summed E-state index contributed by atoms with van der Waals surface area (Å²) in [5.41, 5.74) is 2.48. The van der Waals surface area contributed by atoms with Crippen molar-refractivity contribution in [2.24, 2.45) is 0 Å². The highest BCUT2D eigenvalue weighted by molar-refractivity contribution is 7.99. The first-order valence-corrected chi connectivity index (χ1v) is 10.6. The van der Waals surface area contributed by atoms with Gasteiger partial charge < -0.3 is 9.67 Å². The molecule has 1 heterocycles. The molecule has 0 aliphatic carbocycles. The number of carbonyl (C=O) groups excluding carboxylic acids is 1. The summed E-state index contributed by atoms with van der Waals surface area (Å²) in [6.07, 6.45) is 1.95. The minimum atomic E-state index is -0.251. The SMILES string of the molecule is CCSc1cc(C(=O)c2cc(C(C)(C)C)c(O)c(C(C)(C)C)c2)cn1CC. The maximum absolute atomic E-state index is 13.3. The summed E-state index contributed by atoms with van der Waals surface area (Å²) in [6.45, 7) is 17.4. The van der Waals surface area contributed by atoms with Crippen LogP contribution in [0.25, 0.3) is 0 Å². The molecule has 0 saturated heterocycles. The van der Waals surface area contributed by atoms with E-state index in [0.29, 0.717) is 16.9 Å². The summed E-state index contributed by atoms with van der Waals surface area (Å²) in [4.78, 5) is 13.3.